The van der Waals surface area contributed by atoms with E-state index in [1.165, 1.54) is 17.7 Å². The van der Waals surface area contributed by atoms with Crippen molar-refractivity contribution in [3.05, 3.63) is 28.6 Å². The Morgan fingerprint density at radius 1 is 1.50 bits per heavy atom. The Hall–Kier alpha value is -0.960. The molecule has 1 aromatic heterocycles. The lowest BCUT2D eigenvalue weighted by atomic mass is 9.76. The first-order chi connectivity index (χ1) is 7.39. The van der Waals surface area contributed by atoms with Crippen LogP contribution in [0.4, 0.5) is 0 Å². The first-order valence-corrected chi connectivity index (χ1v) is 6.09. The number of nitrogens with zero attached hydrogens (tertiary/aromatic N) is 1. The van der Waals surface area contributed by atoms with E-state index in [4.69, 9.17) is 18.0 Å². The molecule has 2 nitrogen and oxygen atoms in total. The third-order valence-corrected chi connectivity index (χ3v) is 3.53. The van der Waals surface area contributed by atoms with Gasteiger partial charge in [0.15, 0.2) is 0 Å². The summed E-state index contributed by atoms with van der Waals surface area (Å²) in [7, 11) is 0. The predicted molar refractivity (Wildman–Crippen MR) is 70.7 cm³/mol. The van der Waals surface area contributed by atoms with Crippen LogP contribution in [0.2, 0.25) is 0 Å². The van der Waals surface area contributed by atoms with Crippen molar-refractivity contribution in [3.8, 4) is 0 Å². The highest BCUT2D eigenvalue weighted by atomic mass is 32.1. The molecule has 1 aliphatic carbocycles. The minimum absolute atomic E-state index is 0.350. The average molecular weight is 234 g/mol. The lowest BCUT2D eigenvalue weighted by Crippen LogP contribution is -2.25. The van der Waals surface area contributed by atoms with Gasteiger partial charge < -0.3 is 5.73 Å². The Balaban J connectivity index is 2.48. The van der Waals surface area contributed by atoms with Gasteiger partial charge in [-0.1, -0.05) is 32.1 Å². The summed E-state index contributed by atoms with van der Waals surface area (Å²) >= 11 is 5.03. The molecule has 0 aromatic carbocycles. The van der Waals surface area contributed by atoms with Crippen LogP contribution in [0.25, 0.3) is 0 Å². The molecule has 0 unspecified atom stereocenters. The van der Waals surface area contributed by atoms with Crippen molar-refractivity contribution in [2.24, 2.45) is 11.1 Å². The zero-order chi connectivity index (χ0) is 11.9. The van der Waals surface area contributed by atoms with Crippen molar-refractivity contribution in [1.82, 2.24) is 4.98 Å². The van der Waals surface area contributed by atoms with Crippen LogP contribution in [0.15, 0.2) is 6.07 Å². The van der Waals surface area contributed by atoms with E-state index in [1.54, 1.807) is 0 Å². The van der Waals surface area contributed by atoms with Crippen LogP contribution >= 0.6 is 12.2 Å². The Kier molecular flexibility index (Phi) is 2.74. The Morgan fingerprint density at radius 3 is 2.81 bits per heavy atom. The minimum Gasteiger partial charge on any atom is -0.388 e. The van der Waals surface area contributed by atoms with E-state index in [2.05, 4.69) is 24.9 Å². The van der Waals surface area contributed by atoms with Crippen LogP contribution in [-0.2, 0) is 12.8 Å². The van der Waals surface area contributed by atoms with E-state index >= 15 is 0 Å². The molecule has 2 rings (SSSR count). The van der Waals surface area contributed by atoms with E-state index in [0.29, 0.717) is 10.4 Å². The van der Waals surface area contributed by atoms with Gasteiger partial charge in [-0.25, -0.2) is 4.98 Å². The molecule has 1 heterocycles. The van der Waals surface area contributed by atoms with Crippen molar-refractivity contribution < 1.29 is 0 Å². The fourth-order valence-electron chi connectivity index (χ4n) is 2.34. The van der Waals surface area contributed by atoms with Crippen molar-refractivity contribution in [2.45, 2.75) is 40.0 Å². The van der Waals surface area contributed by atoms with E-state index in [-0.39, 0.29) is 0 Å². The highest BCUT2D eigenvalue weighted by Gasteiger charge is 2.26. The molecule has 0 aliphatic heterocycles. The second-order valence-corrected chi connectivity index (χ2v) is 5.90. The van der Waals surface area contributed by atoms with Gasteiger partial charge in [-0.05, 0) is 42.7 Å². The van der Waals surface area contributed by atoms with E-state index in [1.807, 2.05) is 6.92 Å². The van der Waals surface area contributed by atoms with Gasteiger partial charge in [-0.15, -0.1) is 0 Å². The second kappa shape index (κ2) is 3.81. The molecule has 1 aromatic rings. The van der Waals surface area contributed by atoms with Crippen LogP contribution < -0.4 is 5.73 Å². The molecule has 3 heteroatoms. The SMILES string of the molecule is Cc1cc2c(nc1C(N)=S)CC(C)(C)CC2. The lowest BCUT2D eigenvalue weighted by molar-refractivity contribution is 0.310. The number of hydrogen-bond donors (Lipinski definition) is 1. The summed E-state index contributed by atoms with van der Waals surface area (Å²) in [6.45, 7) is 6.61. The molecule has 16 heavy (non-hydrogen) atoms. The van der Waals surface area contributed by atoms with Crippen molar-refractivity contribution in [1.29, 1.82) is 0 Å². The van der Waals surface area contributed by atoms with Crippen LogP contribution in [0, 0.1) is 12.3 Å². The fraction of sp³-hybridized carbons (Fsp3) is 0.538. The first-order valence-electron chi connectivity index (χ1n) is 5.68. The topological polar surface area (TPSA) is 38.9 Å². The number of aryl methyl sites for hydroxylation is 2. The number of rotatable bonds is 1. The fourth-order valence-corrected chi connectivity index (χ4v) is 2.55. The third kappa shape index (κ3) is 2.09. The third-order valence-electron chi connectivity index (χ3n) is 3.33. The number of fused-ring (bicyclic) bond motifs is 1. The molecule has 0 saturated heterocycles. The molecule has 86 valence electrons. The lowest BCUT2D eigenvalue weighted by Gasteiger charge is -2.31. The van der Waals surface area contributed by atoms with Gasteiger partial charge in [0.1, 0.15) is 10.7 Å². The standard InChI is InChI=1S/C13H18N2S/c1-8-6-9-4-5-13(2,3)7-10(9)15-11(8)12(14)16/h6H,4-5,7H2,1-3H3,(H2,14,16). The maximum absolute atomic E-state index is 5.68. The molecule has 0 radical (unpaired) electrons. The molecule has 0 saturated carbocycles. The monoisotopic (exact) mass is 234 g/mol. The Labute approximate surface area is 102 Å². The van der Waals surface area contributed by atoms with Crippen LogP contribution in [0.3, 0.4) is 0 Å². The molecule has 0 spiro atoms. The number of nitrogens with two attached hydrogens (primary N) is 1. The highest BCUT2D eigenvalue weighted by molar-refractivity contribution is 7.80. The molecule has 0 fully saturated rings. The van der Waals surface area contributed by atoms with Gasteiger partial charge in [-0.2, -0.15) is 0 Å². The van der Waals surface area contributed by atoms with E-state index in [9.17, 15) is 0 Å². The summed E-state index contributed by atoms with van der Waals surface area (Å²) in [5.41, 5.74) is 10.5. The van der Waals surface area contributed by atoms with Crippen molar-refractivity contribution in [3.63, 3.8) is 0 Å². The zero-order valence-corrected chi connectivity index (χ0v) is 10.9. The quantitative estimate of drug-likeness (QED) is 0.759. The smallest absolute Gasteiger partial charge is 0.122 e. The summed E-state index contributed by atoms with van der Waals surface area (Å²) in [6, 6.07) is 2.20. The summed E-state index contributed by atoms with van der Waals surface area (Å²) in [5.74, 6) is 0. The van der Waals surface area contributed by atoms with E-state index in [0.717, 1.165) is 24.1 Å². The molecule has 2 N–H and O–H groups in total. The number of pyridine rings is 1. The predicted octanol–water partition coefficient (Wildman–Crippen LogP) is 2.54. The second-order valence-electron chi connectivity index (χ2n) is 5.46. The zero-order valence-electron chi connectivity index (χ0n) is 10.1. The van der Waals surface area contributed by atoms with Gasteiger partial charge in [0.25, 0.3) is 0 Å². The molecule has 0 bridgehead atoms. The van der Waals surface area contributed by atoms with Gasteiger partial charge in [0.2, 0.25) is 0 Å². The summed E-state index contributed by atoms with van der Waals surface area (Å²) in [5, 5.41) is 0. The molecule has 1 aliphatic rings. The molecule has 0 amide bonds. The van der Waals surface area contributed by atoms with Crippen LogP contribution in [0.1, 0.15) is 42.8 Å². The van der Waals surface area contributed by atoms with Crippen molar-refractivity contribution >= 4 is 17.2 Å². The van der Waals surface area contributed by atoms with Gasteiger partial charge in [0.05, 0.1) is 0 Å². The van der Waals surface area contributed by atoms with E-state index < -0.39 is 0 Å². The van der Waals surface area contributed by atoms with Crippen LogP contribution in [0.5, 0.6) is 0 Å². The minimum atomic E-state index is 0.350. The van der Waals surface area contributed by atoms with Gasteiger partial charge in [-0.3, -0.25) is 0 Å². The first kappa shape index (κ1) is 11.5. The summed E-state index contributed by atoms with van der Waals surface area (Å²) in [4.78, 5) is 5.05. The number of aromatic nitrogens is 1. The Bertz CT molecular complexity index is 449. The molecular weight excluding hydrogens is 216 g/mol. The number of hydrogen-bond acceptors (Lipinski definition) is 2. The van der Waals surface area contributed by atoms with Crippen molar-refractivity contribution in [2.75, 3.05) is 0 Å². The normalized spacial score (nSPS) is 17.9. The molecule has 0 atom stereocenters. The average Bonchev–Trinajstić information content (AvgIpc) is 2.16. The van der Waals surface area contributed by atoms with Gasteiger partial charge >= 0.3 is 0 Å². The largest absolute Gasteiger partial charge is 0.388 e. The highest BCUT2D eigenvalue weighted by Crippen LogP contribution is 2.34. The summed E-state index contributed by atoms with van der Waals surface area (Å²) in [6.07, 6.45) is 3.37. The maximum Gasteiger partial charge on any atom is 0.122 e. The van der Waals surface area contributed by atoms with Crippen LogP contribution in [-0.4, -0.2) is 9.97 Å². The Morgan fingerprint density at radius 2 is 2.19 bits per heavy atom. The number of thiocarbonyl (C=S) groups is 1. The molecular formula is C13H18N2S. The van der Waals surface area contributed by atoms with Gasteiger partial charge in [0, 0.05) is 5.69 Å². The summed E-state index contributed by atoms with van der Waals surface area (Å²) < 4.78 is 0. The maximum atomic E-state index is 5.68.